The Hall–Kier alpha value is -2.21. The molecule has 6 heteroatoms. The molecule has 0 aromatic heterocycles. The Morgan fingerprint density at radius 3 is 2.64 bits per heavy atom. The minimum absolute atomic E-state index is 0.258. The van der Waals surface area contributed by atoms with E-state index in [1.165, 1.54) is 5.69 Å². The Morgan fingerprint density at radius 2 is 1.80 bits per heavy atom. The van der Waals surface area contributed by atoms with E-state index < -0.39 is 0 Å². The molecule has 134 valence electrons. The smallest absolute Gasteiger partial charge is 0.231 e. The maximum Gasteiger partial charge on any atom is 0.231 e. The van der Waals surface area contributed by atoms with Crippen LogP contribution in [0, 0.1) is 0 Å². The van der Waals surface area contributed by atoms with E-state index in [4.69, 9.17) is 9.47 Å². The molecule has 4 rings (SSSR count). The van der Waals surface area contributed by atoms with Gasteiger partial charge in [-0.05, 0) is 37.8 Å². The second-order valence-corrected chi connectivity index (χ2v) is 6.76. The summed E-state index contributed by atoms with van der Waals surface area (Å²) in [5.41, 5.74) is 2.11. The molecule has 0 bridgehead atoms. The van der Waals surface area contributed by atoms with Crippen LogP contribution >= 0.6 is 0 Å². The highest BCUT2D eigenvalue weighted by molar-refractivity contribution is 5.89. The fourth-order valence-corrected chi connectivity index (χ4v) is 3.94. The van der Waals surface area contributed by atoms with Crippen LogP contribution < -0.4 is 14.4 Å². The summed E-state index contributed by atoms with van der Waals surface area (Å²) in [6.07, 6.45) is 8.34. The van der Waals surface area contributed by atoms with Crippen LogP contribution in [0.15, 0.2) is 35.5 Å². The Balaban J connectivity index is 1.41. The van der Waals surface area contributed by atoms with Crippen LogP contribution in [0.3, 0.4) is 0 Å². The number of allylic oxidation sites excluding steroid dienone is 2. The highest BCUT2D eigenvalue weighted by Gasteiger charge is 2.28. The number of hydrogen-bond donors (Lipinski definition) is 1. The van der Waals surface area contributed by atoms with Gasteiger partial charge < -0.3 is 19.6 Å². The Morgan fingerprint density at radius 1 is 1.00 bits per heavy atom. The molecule has 1 atom stereocenters. The number of piperazine rings is 1. The summed E-state index contributed by atoms with van der Waals surface area (Å²) in [7, 11) is 0. The first kappa shape index (κ1) is 16.3. The highest BCUT2D eigenvalue weighted by atomic mass is 16.7. The van der Waals surface area contributed by atoms with Crippen LogP contribution in [0.1, 0.15) is 25.7 Å². The van der Waals surface area contributed by atoms with E-state index in [9.17, 15) is 5.21 Å². The van der Waals surface area contributed by atoms with Gasteiger partial charge in [-0.2, -0.15) is 0 Å². The van der Waals surface area contributed by atoms with Crippen molar-refractivity contribution in [1.29, 1.82) is 0 Å². The number of rotatable bonds is 2. The normalized spacial score (nSPS) is 27.1. The van der Waals surface area contributed by atoms with E-state index in [1.807, 2.05) is 6.07 Å². The minimum atomic E-state index is 0.258. The zero-order valence-corrected chi connectivity index (χ0v) is 14.4. The van der Waals surface area contributed by atoms with Crippen molar-refractivity contribution in [2.75, 3.05) is 37.9 Å². The summed E-state index contributed by atoms with van der Waals surface area (Å²) in [6.45, 7) is 4.19. The lowest BCUT2D eigenvalue weighted by Gasteiger charge is -2.40. The lowest BCUT2D eigenvalue weighted by atomic mass is 9.96. The van der Waals surface area contributed by atoms with Gasteiger partial charge in [0.2, 0.25) is 6.79 Å². The molecule has 1 aliphatic carbocycles. The number of fused-ring (bicyclic) bond motifs is 1. The van der Waals surface area contributed by atoms with Crippen LogP contribution in [0.4, 0.5) is 5.69 Å². The van der Waals surface area contributed by atoms with Crippen molar-refractivity contribution in [3.63, 3.8) is 0 Å². The molecule has 1 fully saturated rings. The molecular weight excluding hydrogens is 318 g/mol. The average molecular weight is 343 g/mol. The quantitative estimate of drug-likeness (QED) is 0.508. The molecule has 0 saturated carbocycles. The molecule has 0 amide bonds. The van der Waals surface area contributed by atoms with Crippen LogP contribution in [0.2, 0.25) is 0 Å². The topological polar surface area (TPSA) is 57.5 Å². The third kappa shape index (κ3) is 3.44. The van der Waals surface area contributed by atoms with Gasteiger partial charge >= 0.3 is 0 Å². The van der Waals surface area contributed by atoms with Crippen LogP contribution in [0.25, 0.3) is 0 Å². The summed E-state index contributed by atoms with van der Waals surface area (Å²) in [4.78, 5) is 4.86. The molecule has 25 heavy (non-hydrogen) atoms. The molecular formula is C19H25N3O3. The Labute approximate surface area is 148 Å². The van der Waals surface area contributed by atoms with Gasteiger partial charge in [-0.3, -0.25) is 4.90 Å². The summed E-state index contributed by atoms with van der Waals surface area (Å²) in [6, 6.07) is 6.42. The van der Waals surface area contributed by atoms with Crippen LogP contribution in [0.5, 0.6) is 11.5 Å². The molecule has 0 spiro atoms. The van der Waals surface area contributed by atoms with Crippen LogP contribution in [-0.2, 0) is 0 Å². The summed E-state index contributed by atoms with van der Waals surface area (Å²) in [5.74, 6) is 1.66. The van der Waals surface area contributed by atoms with Crippen molar-refractivity contribution in [1.82, 2.24) is 4.90 Å². The molecule has 1 aromatic rings. The molecule has 1 saturated heterocycles. The van der Waals surface area contributed by atoms with Gasteiger partial charge in [0, 0.05) is 37.9 Å². The highest BCUT2D eigenvalue weighted by Crippen LogP contribution is 2.35. The van der Waals surface area contributed by atoms with E-state index in [0.717, 1.165) is 69.1 Å². The number of ether oxygens (including phenoxy) is 2. The van der Waals surface area contributed by atoms with Crippen molar-refractivity contribution in [2.45, 2.75) is 31.7 Å². The molecule has 2 aliphatic heterocycles. The number of nitrogens with zero attached hydrogens (tertiary/aromatic N) is 3. The first-order chi connectivity index (χ1) is 12.3. The third-order valence-electron chi connectivity index (χ3n) is 5.33. The zero-order chi connectivity index (χ0) is 17.1. The van der Waals surface area contributed by atoms with Gasteiger partial charge in [0.1, 0.15) is 0 Å². The number of hydrogen-bond acceptors (Lipinski definition) is 6. The van der Waals surface area contributed by atoms with E-state index in [-0.39, 0.29) is 6.04 Å². The maximum atomic E-state index is 9.43. The van der Waals surface area contributed by atoms with Crippen molar-refractivity contribution >= 4 is 11.4 Å². The molecule has 2 heterocycles. The Kier molecular flexibility index (Phi) is 4.78. The second kappa shape index (κ2) is 7.35. The van der Waals surface area contributed by atoms with Crippen molar-refractivity contribution in [2.24, 2.45) is 5.16 Å². The van der Waals surface area contributed by atoms with Gasteiger partial charge in [-0.25, -0.2) is 0 Å². The minimum Gasteiger partial charge on any atom is -0.454 e. The molecule has 3 aliphatic rings. The molecule has 0 radical (unpaired) electrons. The molecule has 1 unspecified atom stereocenters. The summed E-state index contributed by atoms with van der Waals surface area (Å²) >= 11 is 0. The number of benzene rings is 1. The van der Waals surface area contributed by atoms with Crippen molar-refractivity contribution in [3.05, 3.63) is 30.4 Å². The van der Waals surface area contributed by atoms with Gasteiger partial charge in [0.15, 0.2) is 11.5 Å². The van der Waals surface area contributed by atoms with E-state index in [0.29, 0.717) is 6.79 Å². The van der Waals surface area contributed by atoms with E-state index in [2.05, 4.69) is 39.2 Å². The molecule has 1 aromatic carbocycles. The van der Waals surface area contributed by atoms with Gasteiger partial charge in [-0.15, -0.1) is 0 Å². The lowest BCUT2D eigenvalue weighted by Crippen LogP contribution is -2.52. The van der Waals surface area contributed by atoms with Gasteiger partial charge in [-0.1, -0.05) is 17.3 Å². The van der Waals surface area contributed by atoms with Gasteiger partial charge in [0.05, 0.1) is 11.8 Å². The SMILES string of the molecule is O/N=C1\CC/C=C\CCC1N1CCN(c2ccc3c(c2)OCO3)CC1. The maximum absolute atomic E-state index is 9.43. The predicted octanol–water partition coefficient (Wildman–Crippen LogP) is 2.87. The first-order valence-corrected chi connectivity index (χ1v) is 9.09. The summed E-state index contributed by atoms with van der Waals surface area (Å²) < 4.78 is 10.9. The Bertz CT molecular complexity index is 666. The van der Waals surface area contributed by atoms with Crippen molar-refractivity contribution < 1.29 is 14.7 Å². The zero-order valence-electron chi connectivity index (χ0n) is 14.4. The lowest BCUT2D eigenvalue weighted by molar-refractivity contribution is 0.174. The van der Waals surface area contributed by atoms with Crippen molar-refractivity contribution in [3.8, 4) is 11.5 Å². The largest absolute Gasteiger partial charge is 0.454 e. The molecule has 6 nitrogen and oxygen atoms in total. The van der Waals surface area contributed by atoms with E-state index >= 15 is 0 Å². The number of oxime groups is 1. The number of anilines is 1. The second-order valence-electron chi connectivity index (χ2n) is 6.76. The van der Waals surface area contributed by atoms with E-state index in [1.54, 1.807) is 0 Å². The fraction of sp³-hybridized carbons (Fsp3) is 0.526. The van der Waals surface area contributed by atoms with Gasteiger partial charge in [0.25, 0.3) is 0 Å². The third-order valence-corrected chi connectivity index (χ3v) is 5.33. The standard InChI is InChI=1S/C19H25N3O3/c23-20-16-5-3-1-2-4-6-17(16)22-11-9-21(10-12-22)15-7-8-18-19(13-15)25-14-24-18/h1-2,7-8,13,17,23H,3-6,9-12,14H2/b2-1-,20-16+. The molecule has 1 N–H and O–H groups in total. The summed E-state index contributed by atoms with van der Waals surface area (Å²) in [5, 5.41) is 13.0. The monoisotopic (exact) mass is 343 g/mol. The van der Waals surface area contributed by atoms with Crippen LogP contribution in [-0.4, -0.2) is 54.8 Å². The first-order valence-electron chi connectivity index (χ1n) is 9.09. The average Bonchev–Trinajstić information content (AvgIpc) is 3.10. The predicted molar refractivity (Wildman–Crippen MR) is 97.0 cm³/mol. The fourth-order valence-electron chi connectivity index (χ4n) is 3.94.